The highest BCUT2D eigenvalue weighted by Gasteiger charge is 2.15. The first-order chi connectivity index (χ1) is 20.6. The van der Waals surface area contributed by atoms with Crippen LogP contribution in [0.15, 0.2) is 46.2 Å². The third-order valence-corrected chi connectivity index (χ3v) is 7.55. The third-order valence-electron chi connectivity index (χ3n) is 7.55. The van der Waals surface area contributed by atoms with E-state index in [4.69, 9.17) is 9.47 Å². The molecule has 0 saturated carbocycles. The first kappa shape index (κ1) is 35.3. The fourth-order valence-electron chi connectivity index (χ4n) is 5.03. The van der Waals surface area contributed by atoms with Gasteiger partial charge in [-0.25, -0.2) is 9.59 Å². The highest BCUT2D eigenvalue weighted by molar-refractivity contribution is 5.66. The molecule has 2 rings (SSSR count). The number of amides is 1. The molecule has 0 aliphatic rings. The van der Waals surface area contributed by atoms with E-state index in [0.29, 0.717) is 18.7 Å². The monoisotopic (exact) mass is 586 g/mol. The van der Waals surface area contributed by atoms with E-state index in [1.807, 2.05) is 6.92 Å². The Morgan fingerprint density at radius 2 is 1.43 bits per heavy atom. The Bertz CT molecular complexity index is 1090. The van der Waals surface area contributed by atoms with Crippen LogP contribution in [0.1, 0.15) is 135 Å². The van der Waals surface area contributed by atoms with Gasteiger partial charge in [0.25, 0.3) is 5.56 Å². The van der Waals surface area contributed by atoms with Crippen LogP contribution in [0.5, 0.6) is 0 Å². The van der Waals surface area contributed by atoms with Crippen LogP contribution < -0.4 is 16.6 Å². The summed E-state index contributed by atoms with van der Waals surface area (Å²) in [7, 11) is 0. The number of carbonyl (C=O) groups excluding carboxylic acids is 1. The molecule has 2 heterocycles. The fourth-order valence-corrected chi connectivity index (χ4v) is 5.03. The number of hydrogen-bond acceptors (Lipinski definition) is 6. The minimum atomic E-state index is -0.679. The Morgan fingerprint density at radius 3 is 1.98 bits per heavy atom. The number of rotatable bonds is 24. The Hall–Kier alpha value is -2.94. The number of aromatic nitrogens is 3. The maximum atomic E-state index is 13.0. The molecule has 1 amide bonds. The molecule has 0 bridgehead atoms. The molecule has 1 atom stereocenters. The number of ether oxygens (including phenoxy) is 2. The summed E-state index contributed by atoms with van der Waals surface area (Å²) in [6.07, 6.45) is 23.2. The van der Waals surface area contributed by atoms with Crippen molar-refractivity contribution in [3.8, 4) is 0 Å². The van der Waals surface area contributed by atoms with Gasteiger partial charge in [-0.15, -0.1) is 0 Å². The highest BCUT2D eigenvalue weighted by atomic mass is 16.7. The molecule has 2 aromatic heterocycles. The lowest BCUT2D eigenvalue weighted by Crippen LogP contribution is -2.41. The molecule has 0 fully saturated rings. The van der Waals surface area contributed by atoms with Gasteiger partial charge in [0.2, 0.25) is 0 Å². The molecule has 2 aromatic rings. The van der Waals surface area contributed by atoms with E-state index in [9.17, 15) is 14.4 Å². The van der Waals surface area contributed by atoms with E-state index >= 15 is 0 Å². The van der Waals surface area contributed by atoms with Gasteiger partial charge in [-0.1, -0.05) is 116 Å². The summed E-state index contributed by atoms with van der Waals surface area (Å²) in [5, 5.41) is 2.76. The molecular formula is C33H54N4O5. The smallest absolute Gasteiger partial charge is 0.409 e. The highest BCUT2D eigenvalue weighted by Crippen LogP contribution is 2.14. The van der Waals surface area contributed by atoms with Gasteiger partial charge in [0.1, 0.15) is 6.23 Å². The lowest BCUT2D eigenvalue weighted by molar-refractivity contribution is -0.0906. The zero-order valence-corrected chi connectivity index (χ0v) is 26.1. The van der Waals surface area contributed by atoms with Crippen molar-refractivity contribution in [1.29, 1.82) is 0 Å². The summed E-state index contributed by atoms with van der Waals surface area (Å²) in [5.74, 6) is 0. The molecule has 0 aromatic carbocycles. The van der Waals surface area contributed by atoms with Crippen LogP contribution in [0.3, 0.4) is 0 Å². The predicted octanol–water partition coefficient (Wildman–Crippen LogP) is 7.32. The average molecular weight is 587 g/mol. The number of hydrogen-bond donors (Lipinski definition) is 1. The Kier molecular flexibility index (Phi) is 19.0. The van der Waals surface area contributed by atoms with Crippen molar-refractivity contribution < 1.29 is 14.3 Å². The van der Waals surface area contributed by atoms with Crippen LogP contribution in [0.2, 0.25) is 0 Å². The molecule has 42 heavy (non-hydrogen) atoms. The molecule has 0 aliphatic carbocycles. The van der Waals surface area contributed by atoms with E-state index in [1.54, 1.807) is 24.4 Å². The molecule has 9 nitrogen and oxygen atoms in total. The molecule has 1 N–H and O–H groups in total. The van der Waals surface area contributed by atoms with Crippen LogP contribution in [-0.2, 0) is 16.0 Å². The SMILES string of the molecule is CCCCCCCCCCCCCCCCCCNC(=O)OCOC(CC)n1ccc(=O)n(Cc2ccccn2)c1=O. The first-order valence-electron chi connectivity index (χ1n) is 16.3. The second kappa shape index (κ2) is 22.6. The number of nitrogens with zero attached hydrogens (tertiary/aromatic N) is 3. The van der Waals surface area contributed by atoms with Crippen molar-refractivity contribution in [3.05, 3.63) is 63.2 Å². The normalized spacial score (nSPS) is 11.9. The molecule has 1 unspecified atom stereocenters. The number of nitrogens with one attached hydrogen (secondary N) is 1. The number of alkyl carbamates (subject to hydrolysis) is 1. The molecule has 0 aliphatic heterocycles. The Morgan fingerprint density at radius 1 is 0.833 bits per heavy atom. The summed E-state index contributed by atoms with van der Waals surface area (Å²) in [6.45, 7) is 4.45. The minimum absolute atomic E-state index is 0.0635. The third kappa shape index (κ3) is 14.8. The molecule has 0 saturated heterocycles. The first-order valence-corrected chi connectivity index (χ1v) is 16.3. The summed E-state index contributed by atoms with van der Waals surface area (Å²) in [6, 6.07) is 6.65. The maximum absolute atomic E-state index is 13.0. The summed E-state index contributed by atoms with van der Waals surface area (Å²) < 4.78 is 13.3. The zero-order valence-electron chi connectivity index (χ0n) is 26.1. The quantitative estimate of drug-likeness (QED) is 0.102. The van der Waals surface area contributed by atoms with Crippen LogP contribution in [-0.4, -0.2) is 33.5 Å². The van der Waals surface area contributed by atoms with Crippen molar-refractivity contribution in [3.63, 3.8) is 0 Å². The molecule has 9 heteroatoms. The predicted molar refractivity (Wildman–Crippen MR) is 168 cm³/mol. The van der Waals surface area contributed by atoms with E-state index < -0.39 is 23.6 Å². The fraction of sp³-hybridized carbons (Fsp3) is 0.697. The van der Waals surface area contributed by atoms with E-state index in [0.717, 1.165) is 17.4 Å². The number of carbonyl (C=O) groups is 1. The summed E-state index contributed by atoms with van der Waals surface area (Å²) in [4.78, 5) is 41.5. The van der Waals surface area contributed by atoms with Crippen LogP contribution in [0.25, 0.3) is 0 Å². The minimum Gasteiger partial charge on any atom is -0.422 e. The van der Waals surface area contributed by atoms with Gasteiger partial charge in [-0.3, -0.25) is 18.9 Å². The Labute approximate surface area is 252 Å². The molecular weight excluding hydrogens is 532 g/mol. The molecule has 236 valence electrons. The van der Waals surface area contributed by atoms with Crippen molar-refractivity contribution in [2.75, 3.05) is 13.3 Å². The van der Waals surface area contributed by atoms with Crippen molar-refractivity contribution in [2.24, 2.45) is 0 Å². The zero-order chi connectivity index (χ0) is 30.3. The van der Waals surface area contributed by atoms with Gasteiger partial charge < -0.3 is 14.8 Å². The largest absolute Gasteiger partial charge is 0.422 e. The number of unbranched alkanes of at least 4 members (excludes halogenated alkanes) is 15. The van der Waals surface area contributed by atoms with Gasteiger partial charge in [-0.05, 0) is 25.0 Å². The standard InChI is InChI=1S/C33H54N4O5/c1-3-5-6-7-8-9-10-11-12-13-14-15-16-17-18-20-25-35-32(39)42-28-41-31(4-2)36-26-23-30(38)37(33(36)40)27-29-22-19-21-24-34-29/h19,21-24,26,31H,3-18,20,25,27-28H2,1-2H3,(H,35,39). The lowest BCUT2D eigenvalue weighted by Gasteiger charge is -2.19. The van der Waals surface area contributed by atoms with Gasteiger partial charge in [0, 0.05) is 25.0 Å². The molecule has 0 radical (unpaired) electrons. The van der Waals surface area contributed by atoms with Gasteiger partial charge in [0.15, 0.2) is 6.79 Å². The van der Waals surface area contributed by atoms with Crippen LogP contribution in [0, 0.1) is 0 Å². The van der Waals surface area contributed by atoms with Crippen LogP contribution >= 0.6 is 0 Å². The second-order valence-electron chi connectivity index (χ2n) is 11.1. The van der Waals surface area contributed by atoms with Gasteiger partial charge in [0.05, 0.1) is 12.2 Å². The van der Waals surface area contributed by atoms with Crippen LogP contribution in [0.4, 0.5) is 4.79 Å². The average Bonchev–Trinajstić information content (AvgIpc) is 3.00. The summed E-state index contributed by atoms with van der Waals surface area (Å²) >= 11 is 0. The van der Waals surface area contributed by atoms with E-state index in [-0.39, 0.29) is 13.3 Å². The second-order valence-corrected chi connectivity index (χ2v) is 11.1. The van der Waals surface area contributed by atoms with Crippen molar-refractivity contribution in [2.45, 2.75) is 136 Å². The van der Waals surface area contributed by atoms with Crippen molar-refractivity contribution >= 4 is 6.09 Å². The topological polar surface area (TPSA) is 104 Å². The van der Waals surface area contributed by atoms with Crippen molar-refractivity contribution in [1.82, 2.24) is 19.4 Å². The lowest BCUT2D eigenvalue weighted by atomic mass is 10.0. The number of pyridine rings is 1. The summed E-state index contributed by atoms with van der Waals surface area (Å²) in [5.41, 5.74) is -0.317. The van der Waals surface area contributed by atoms with Gasteiger partial charge in [-0.2, -0.15) is 0 Å². The van der Waals surface area contributed by atoms with E-state index in [2.05, 4.69) is 17.2 Å². The maximum Gasteiger partial charge on any atom is 0.409 e. The molecule has 0 spiro atoms. The van der Waals surface area contributed by atoms with E-state index in [1.165, 1.54) is 107 Å². The Balaban J connectivity index is 1.51. The van der Waals surface area contributed by atoms with Gasteiger partial charge >= 0.3 is 11.8 Å².